The van der Waals surface area contributed by atoms with Crippen LogP contribution < -0.4 is 5.32 Å². The van der Waals surface area contributed by atoms with Crippen molar-refractivity contribution in [1.82, 2.24) is 5.32 Å². The molecule has 2 atom stereocenters. The van der Waals surface area contributed by atoms with Crippen molar-refractivity contribution >= 4 is 17.7 Å². The van der Waals surface area contributed by atoms with Gasteiger partial charge in [-0.1, -0.05) is 18.2 Å². The molecular weight excluding hydrogens is 222 g/mol. The van der Waals surface area contributed by atoms with Crippen LogP contribution in [-0.2, 0) is 9.53 Å². The predicted octanol–water partition coefficient (Wildman–Crippen LogP) is 1.68. The van der Waals surface area contributed by atoms with E-state index in [1.807, 2.05) is 30.0 Å². The highest BCUT2D eigenvalue weighted by Gasteiger charge is 2.30. The molecule has 2 unspecified atom stereocenters. The van der Waals surface area contributed by atoms with Gasteiger partial charge in [-0.05, 0) is 18.6 Å². The summed E-state index contributed by atoms with van der Waals surface area (Å²) in [6.45, 7) is 0.860. The van der Waals surface area contributed by atoms with E-state index < -0.39 is 0 Å². The number of esters is 1. The lowest BCUT2D eigenvalue weighted by Gasteiger charge is -2.08. The maximum atomic E-state index is 11.3. The summed E-state index contributed by atoms with van der Waals surface area (Å²) in [5.74, 6) is -0.156. The van der Waals surface area contributed by atoms with Crippen LogP contribution in [0.1, 0.15) is 6.42 Å². The molecule has 4 heteroatoms. The summed E-state index contributed by atoms with van der Waals surface area (Å²) in [7, 11) is 1.43. The van der Waals surface area contributed by atoms with E-state index in [0.29, 0.717) is 5.25 Å². The normalized spacial score (nSPS) is 24.3. The van der Waals surface area contributed by atoms with E-state index in [1.54, 1.807) is 0 Å². The molecule has 1 fully saturated rings. The average Bonchev–Trinajstić information content (AvgIpc) is 2.78. The molecule has 2 rings (SSSR count). The van der Waals surface area contributed by atoms with Gasteiger partial charge in [0.25, 0.3) is 0 Å². The number of nitrogens with one attached hydrogen (secondary N) is 1. The molecule has 1 aliphatic rings. The molecule has 1 aromatic carbocycles. The van der Waals surface area contributed by atoms with E-state index in [1.165, 1.54) is 12.0 Å². The topological polar surface area (TPSA) is 38.3 Å². The molecule has 0 radical (unpaired) electrons. The number of methoxy groups -OCH3 is 1. The monoisotopic (exact) mass is 237 g/mol. The SMILES string of the molecule is COC(=O)C1CC(Sc2ccccc2)CN1. The second-order valence-corrected chi connectivity index (χ2v) is 5.15. The number of hydrogen-bond acceptors (Lipinski definition) is 4. The second kappa shape index (κ2) is 5.37. The minimum absolute atomic E-state index is 0.133. The van der Waals surface area contributed by atoms with Crippen LogP contribution in [0.5, 0.6) is 0 Å². The first-order chi connectivity index (χ1) is 7.79. The third-order valence-electron chi connectivity index (χ3n) is 2.62. The van der Waals surface area contributed by atoms with E-state index in [4.69, 9.17) is 4.74 Å². The number of carbonyl (C=O) groups excluding carboxylic acids is 1. The van der Waals surface area contributed by atoms with Crippen molar-refractivity contribution in [1.29, 1.82) is 0 Å². The van der Waals surface area contributed by atoms with Crippen molar-refractivity contribution in [3.8, 4) is 0 Å². The molecule has 0 bridgehead atoms. The summed E-state index contributed by atoms with van der Waals surface area (Å²) >= 11 is 1.81. The van der Waals surface area contributed by atoms with Gasteiger partial charge in [0.1, 0.15) is 6.04 Å². The van der Waals surface area contributed by atoms with Crippen LogP contribution >= 0.6 is 11.8 Å². The minimum atomic E-state index is -0.156. The van der Waals surface area contributed by atoms with E-state index in [9.17, 15) is 4.79 Å². The lowest BCUT2D eigenvalue weighted by atomic mass is 10.2. The highest BCUT2D eigenvalue weighted by Crippen LogP contribution is 2.28. The Balaban J connectivity index is 1.88. The molecule has 86 valence electrons. The molecule has 1 aliphatic heterocycles. The Morgan fingerprint density at radius 2 is 2.19 bits per heavy atom. The Bertz CT molecular complexity index is 355. The first kappa shape index (κ1) is 11.5. The average molecular weight is 237 g/mol. The van der Waals surface area contributed by atoms with Gasteiger partial charge in [-0.15, -0.1) is 11.8 Å². The van der Waals surface area contributed by atoms with Crippen molar-refractivity contribution in [3.05, 3.63) is 30.3 Å². The number of carbonyl (C=O) groups is 1. The van der Waals surface area contributed by atoms with Gasteiger partial charge in [-0.25, -0.2) is 0 Å². The van der Waals surface area contributed by atoms with Crippen LogP contribution in [0.25, 0.3) is 0 Å². The van der Waals surface area contributed by atoms with Crippen molar-refractivity contribution < 1.29 is 9.53 Å². The zero-order chi connectivity index (χ0) is 11.4. The van der Waals surface area contributed by atoms with E-state index in [0.717, 1.165) is 13.0 Å². The van der Waals surface area contributed by atoms with Gasteiger partial charge in [-0.3, -0.25) is 4.79 Å². The van der Waals surface area contributed by atoms with Gasteiger partial charge in [0, 0.05) is 16.7 Å². The fourth-order valence-electron chi connectivity index (χ4n) is 1.81. The summed E-state index contributed by atoms with van der Waals surface area (Å²) in [6, 6.07) is 10.1. The van der Waals surface area contributed by atoms with Gasteiger partial charge >= 0.3 is 5.97 Å². The number of hydrogen-bond donors (Lipinski definition) is 1. The molecule has 1 aromatic rings. The van der Waals surface area contributed by atoms with Crippen LogP contribution in [0.15, 0.2) is 35.2 Å². The highest BCUT2D eigenvalue weighted by atomic mass is 32.2. The van der Waals surface area contributed by atoms with Crippen molar-refractivity contribution in [2.45, 2.75) is 22.6 Å². The summed E-state index contributed by atoms with van der Waals surface area (Å²) in [6.07, 6.45) is 0.840. The van der Waals surface area contributed by atoms with E-state index in [-0.39, 0.29) is 12.0 Å². The molecule has 0 aromatic heterocycles. The van der Waals surface area contributed by atoms with E-state index in [2.05, 4.69) is 17.4 Å². The highest BCUT2D eigenvalue weighted by molar-refractivity contribution is 8.00. The molecule has 16 heavy (non-hydrogen) atoms. The Labute approximate surface area is 99.6 Å². The van der Waals surface area contributed by atoms with Gasteiger partial charge in [0.2, 0.25) is 0 Å². The van der Waals surface area contributed by atoms with Gasteiger partial charge in [0.05, 0.1) is 7.11 Å². The molecule has 1 N–H and O–H groups in total. The summed E-state index contributed by atoms with van der Waals surface area (Å²) in [5.41, 5.74) is 0. The van der Waals surface area contributed by atoms with Crippen LogP contribution in [0.4, 0.5) is 0 Å². The Morgan fingerprint density at radius 1 is 1.44 bits per heavy atom. The lowest BCUT2D eigenvalue weighted by molar-refractivity contribution is -0.142. The van der Waals surface area contributed by atoms with Gasteiger partial charge < -0.3 is 10.1 Å². The molecule has 1 heterocycles. The maximum Gasteiger partial charge on any atom is 0.322 e. The number of ether oxygens (including phenoxy) is 1. The smallest absolute Gasteiger partial charge is 0.322 e. The van der Waals surface area contributed by atoms with Crippen molar-refractivity contribution in [3.63, 3.8) is 0 Å². The molecule has 0 spiro atoms. The first-order valence-corrected chi connectivity index (χ1v) is 6.20. The van der Waals surface area contributed by atoms with Gasteiger partial charge in [-0.2, -0.15) is 0 Å². The third kappa shape index (κ3) is 2.77. The van der Waals surface area contributed by atoms with E-state index >= 15 is 0 Å². The molecule has 0 aliphatic carbocycles. The number of thioether (sulfide) groups is 1. The lowest BCUT2D eigenvalue weighted by Crippen LogP contribution is -2.31. The first-order valence-electron chi connectivity index (χ1n) is 5.32. The minimum Gasteiger partial charge on any atom is -0.468 e. The van der Waals surface area contributed by atoms with Crippen LogP contribution in [0.3, 0.4) is 0 Å². The fraction of sp³-hybridized carbons (Fsp3) is 0.417. The quantitative estimate of drug-likeness (QED) is 0.812. The largest absolute Gasteiger partial charge is 0.468 e. The third-order valence-corrected chi connectivity index (χ3v) is 3.86. The Hall–Kier alpha value is -1.00. The number of benzene rings is 1. The summed E-state index contributed by atoms with van der Waals surface area (Å²) < 4.78 is 4.72. The van der Waals surface area contributed by atoms with Crippen molar-refractivity contribution in [2.75, 3.05) is 13.7 Å². The summed E-state index contributed by atoms with van der Waals surface area (Å²) in [5, 5.41) is 3.63. The second-order valence-electron chi connectivity index (χ2n) is 3.77. The predicted molar refractivity (Wildman–Crippen MR) is 64.5 cm³/mol. The zero-order valence-electron chi connectivity index (χ0n) is 9.18. The van der Waals surface area contributed by atoms with Gasteiger partial charge in [0.15, 0.2) is 0 Å². The molecule has 0 saturated carbocycles. The standard InChI is InChI=1S/C12H15NO2S/c1-15-12(14)11-7-10(8-13-11)16-9-5-3-2-4-6-9/h2-6,10-11,13H,7-8H2,1H3. The van der Waals surface area contributed by atoms with Crippen LogP contribution in [-0.4, -0.2) is 30.9 Å². The molecule has 3 nitrogen and oxygen atoms in total. The molecule has 0 amide bonds. The van der Waals surface area contributed by atoms with Crippen LogP contribution in [0, 0.1) is 0 Å². The number of rotatable bonds is 3. The molecular formula is C12H15NO2S. The van der Waals surface area contributed by atoms with Crippen molar-refractivity contribution in [2.24, 2.45) is 0 Å². The summed E-state index contributed by atoms with van der Waals surface area (Å²) in [4.78, 5) is 12.6. The fourth-order valence-corrected chi connectivity index (χ4v) is 2.97. The Morgan fingerprint density at radius 3 is 2.88 bits per heavy atom. The zero-order valence-corrected chi connectivity index (χ0v) is 10.00. The molecule has 1 saturated heterocycles. The Kier molecular flexibility index (Phi) is 3.85. The van der Waals surface area contributed by atoms with Crippen LogP contribution in [0.2, 0.25) is 0 Å². The maximum absolute atomic E-state index is 11.3.